The van der Waals surface area contributed by atoms with Gasteiger partial charge in [0.15, 0.2) is 5.13 Å². The number of carbonyl (C=O) groups is 1. The number of nitrogens with one attached hydrogen (secondary N) is 1. The van der Waals surface area contributed by atoms with Gasteiger partial charge in [0.1, 0.15) is 17.0 Å². The first-order valence-corrected chi connectivity index (χ1v) is 12.0. The summed E-state index contributed by atoms with van der Waals surface area (Å²) in [5.74, 6) is -0.0400. The van der Waals surface area contributed by atoms with Crippen molar-refractivity contribution in [1.82, 2.24) is 10.1 Å². The average molecular weight is 506 g/mol. The van der Waals surface area contributed by atoms with Crippen molar-refractivity contribution in [3.05, 3.63) is 99.5 Å². The first-order chi connectivity index (χ1) is 16.5. The number of anilines is 1. The van der Waals surface area contributed by atoms with Crippen molar-refractivity contribution in [1.29, 1.82) is 0 Å². The quantitative estimate of drug-likeness (QED) is 0.262. The molecule has 168 valence electrons. The number of thiazole rings is 1. The van der Waals surface area contributed by atoms with E-state index in [-0.39, 0.29) is 5.56 Å². The predicted molar refractivity (Wildman–Crippen MR) is 138 cm³/mol. The van der Waals surface area contributed by atoms with Gasteiger partial charge in [-0.25, -0.2) is 4.98 Å². The molecule has 0 atom stereocenters. The third kappa shape index (κ3) is 4.35. The molecule has 1 amide bonds. The van der Waals surface area contributed by atoms with Crippen molar-refractivity contribution in [2.75, 3.05) is 5.32 Å². The number of aromatic nitrogens is 2. The SMILES string of the molecule is Cc1onc(-c2c(Cl)cccc2Cl)c1C(=O)Nc1nc(-c2ccc(-c3ccccc3)cc2)cs1. The van der Waals surface area contributed by atoms with Crippen LogP contribution in [0.1, 0.15) is 16.1 Å². The van der Waals surface area contributed by atoms with Gasteiger partial charge in [-0.3, -0.25) is 10.1 Å². The van der Waals surface area contributed by atoms with Crippen LogP contribution in [0, 0.1) is 6.92 Å². The molecule has 0 aliphatic carbocycles. The summed E-state index contributed by atoms with van der Waals surface area (Å²) in [5.41, 5.74) is 5.02. The molecule has 1 N–H and O–H groups in total. The molecule has 5 nitrogen and oxygen atoms in total. The van der Waals surface area contributed by atoms with Crippen LogP contribution in [0.2, 0.25) is 10.0 Å². The molecular weight excluding hydrogens is 489 g/mol. The molecule has 5 aromatic rings. The van der Waals surface area contributed by atoms with E-state index in [0.29, 0.717) is 32.2 Å². The highest BCUT2D eigenvalue weighted by Gasteiger charge is 2.25. The van der Waals surface area contributed by atoms with Gasteiger partial charge in [0.2, 0.25) is 0 Å². The second kappa shape index (κ2) is 9.43. The van der Waals surface area contributed by atoms with Crippen LogP contribution in [0.4, 0.5) is 5.13 Å². The lowest BCUT2D eigenvalue weighted by Gasteiger charge is -2.06. The molecule has 0 aliphatic rings. The lowest BCUT2D eigenvalue weighted by molar-refractivity contribution is 0.102. The topological polar surface area (TPSA) is 68.0 Å². The summed E-state index contributed by atoms with van der Waals surface area (Å²) in [6.07, 6.45) is 0. The molecule has 0 spiro atoms. The fraction of sp³-hybridized carbons (Fsp3) is 0.0385. The highest BCUT2D eigenvalue weighted by Crippen LogP contribution is 2.37. The monoisotopic (exact) mass is 505 g/mol. The molecule has 0 fully saturated rings. The van der Waals surface area contributed by atoms with Gasteiger partial charge in [-0.15, -0.1) is 11.3 Å². The van der Waals surface area contributed by atoms with E-state index in [0.717, 1.165) is 22.4 Å². The smallest absolute Gasteiger partial charge is 0.263 e. The molecule has 0 aliphatic heterocycles. The van der Waals surface area contributed by atoms with Gasteiger partial charge in [0, 0.05) is 16.5 Å². The largest absolute Gasteiger partial charge is 0.360 e. The van der Waals surface area contributed by atoms with E-state index in [4.69, 9.17) is 27.7 Å². The van der Waals surface area contributed by atoms with Gasteiger partial charge in [0.25, 0.3) is 5.91 Å². The number of hydrogen-bond donors (Lipinski definition) is 1. The number of carbonyl (C=O) groups excluding carboxylic acids is 1. The summed E-state index contributed by atoms with van der Waals surface area (Å²) in [6.45, 7) is 1.66. The van der Waals surface area contributed by atoms with E-state index >= 15 is 0 Å². The van der Waals surface area contributed by atoms with Crippen molar-refractivity contribution in [3.8, 4) is 33.6 Å². The average Bonchev–Trinajstić information content (AvgIpc) is 3.46. The number of halogens is 2. The van der Waals surface area contributed by atoms with Crippen LogP contribution in [-0.4, -0.2) is 16.0 Å². The lowest BCUT2D eigenvalue weighted by atomic mass is 10.0. The Balaban J connectivity index is 1.38. The highest BCUT2D eigenvalue weighted by atomic mass is 35.5. The van der Waals surface area contributed by atoms with Crippen LogP contribution in [0.15, 0.2) is 82.7 Å². The fourth-order valence-electron chi connectivity index (χ4n) is 3.62. The summed E-state index contributed by atoms with van der Waals surface area (Å²) >= 11 is 14.0. The molecule has 2 aromatic heterocycles. The van der Waals surface area contributed by atoms with Crippen LogP contribution >= 0.6 is 34.5 Å². The van der Waals surface area contributed by atoms with Crippen molar-refractivity contribution >= 4 is 45.6 Å². The van der Waals surface area contributed by atoms with E-state index in [2.05, 4.69) is 39.7 Å². The van der Waals surface area contributed by atoms with E-state index < -0.39 is 5.91 Å². The van der Waals surface area contributed by atoms with Crippen molar-refractivity contribution in [2.45, 2.75) is 6.92 Å². The van der Waals surface area contributed by atoms with Crippen LogP contribution < -0.4 is 5.32 Å². The molecule has 0 unspecified atom stereocenters. The van der Waals surface area contributed by atoms with Gasteiger partial charge in [-0.1, -0.05) is 89.0 Å². The standard InChI is InChI=1S/C26H17Cl2N3O2S/c1-15-22(24(31-33-15)23-19(27)8-5-9-20(23)28)25(32)30-26-29-21(14-34-26)18-12-10-17(11-13-18)16-6-3-2-4-7-16/h2-14H,1H3,(H,29,30,32). The number of rotatable bonds is 5. The Morgan fingerprint density at radius 2 is 1.53 bits per heavy atom. The Morgan fingerprint density at radius 1 is 0.882 bits per heavy atom. The van der Waals surface area contributed by atoms with E-state index in [1.54, 1.807) is 25.1 Å². The normalized spacial score (nSPS) is 10.9. The van der Waals surface area contributed by atoms with Gasteiger partial charge < -0.3 is 4.52 Å². The lowest BCUT2D eigenvalue weighted by Crippen LogP contribution is -2.13. The van der Waals surface area contributed by atoms with Gasteiger partial charge in [-0.2, -0.15) is 0 Å². The maximum absolute atomic E-state index is 13.1. The second-order valence-corrected chi connectivity index (χ2v) is 9.17. The molecule has 34 heavy (non-hydrogen) atoms. The minimum atomic E-state index is -0.398. The zero-order chi connectivity index (χ0) is 23.7. The molecule has 0 saturated carbocycles. The van der Waals surface area contributed by atoms with Crippen molar-refractivity contribution in [3.63, 3.8) is 0 Å². The Kier molecular flexibility index (Phi) is 6.20. The molecule has 5 rings (SSSR count). The van der Waals surface area contributed by atoms with Gasteiger partial charge in [-0.05, 0) is 30.2 Å². The second-order valence-electron chi connectivity index (χ2n) is 7.49. The summed E-state index contributed by atoms with van der Waals surface area (Å²) in [5, 5.41) is 10.0. The number of hydrogen-bond acceptors (Lipinski definition) is 5. The van der Waals surface area contributed by atoms with Crippen LogP contribution in [0.3, 0.4) is 0 Å². The third-order valence-corrected chi connectivity index (χ3v) is 6.69. The Morgan fingerprint density at radius 3 is 2.24 bits per heavy atom. The maximum Gasteiger partial charge on any atom is 0.263 e. The van der Waals surface area contributed by atoms with E-state index in [9.17, 15) is 4.79 Å². The van der Waals surface area contributed by atoms with Crippen molar-refractivity contribution < 1.29 is 9.32 Å². The molecule has 3 aromatic carbocycles. The van der Waals surface area contributed by atoms with Gasteiger partial charge in [0.05, 0.1) is 15.7 Å². The van der Waals surface area contributed by atoms with Crippen LogP contribution in [0.5, 0.6) is 0 Å². The van der Waals surface area contributed by atoms with E-state index in [1.165, 1.54) is 11.3 Å². The number of aryl methyl sites for hydroxylation is 1. The highest BCUT2D eigenvalue weighted by molar-refractivity contribution is 7.14. The summed E-state index contributed by atoms with van der Waals surface area (Å²) in [4.78, 5) is 17.7. The predicted octanol–water partition coefficient (Wildman–Crippen LogP) is 8.00. The number of amides is 1. The zero-order valence-corrected chi connectivity index (χ0v) is 20.2. The number of nitrogens with zero attached hydrogens (tertiary/aromatic N) is 2. The first-order valence-electron chi connectivity index (χ1n) is 10.3. The molecule has 0 bridgehead atoms. The molecule has 8 heteroatoms. The molecule has 0 radical (unpaired) electrons. The first kappa shape index (κ1) is 22.3. The van der Waals surface area contributed by atoms with Crippen molar-refractivity contribution in [2.24, 2.45) is 0 Å². The summed E-state index contributed by atoms with van der Waals surface area (Å²) in [7, 11) is 0. The van der Waals surface area contributed by atoms with Crippen LogP contribution in [0.25, 0.3) is 33.6 Å². The zero-order valence-electron chi connectivity index (χ0n) is 17.9. The Labute approximate surface area is 210 Å². The third-order valence-electron chi connectivity index (χ3n) is 5.30. The maximum atomic E-state index is 13.1. The number of benzene rings is 3. The molecule has 2 heterocycles. The Bertz CT molecular complexity index is 1460. The minimum absolute atomic E-state index is 0.263. The molecule has 0 saturated heterocycles. The fourth-order valence-corrected chi connectivity index (χ4v) is 4.91. The summed E-state index contributed by atoms with van der Waals surface area (Å²) < 4.78 is 5.30. The summed E-state index contributed by atoms with van der Waals surface area (Å²) in [6, 6.07) is 23.4. The van der Waals surface area contributed by atoms with Gasteiger partial charge >= 0.3 is 0 Å². The van der Waals surface area contributed by atoms with E-state index in [1.807, 2.05) is 35.7 Å². The Hall–Kier alpha value is -3.45. The minimum Gasteiger partial charge on any atom is -0.360 e. The molecular formula is C26H17Cl2N3O2S. The van der Waals surface area contributed by atoms with Crippen LogP contribution in [-0.2, 0) is 0 Å².